The van der Waals surface area contributed by atoms with Gasteiger partial charge >= 0.3 is 11.9 Å². The molecule has 3 rings (SSSR count). The minimum absolute atomic E-state index is 0.114. The van der Waals surface area contributed by atoms with E-state index >= 15 is 0 Å². The van der Waals surface area contributed by atoms with E-state index in [9.17, 15) is 14.4 Å². The number of ether oxygens (including phenoxy) is 2. The van der Waals surface area contributed by atoms with Gasteiger partial charge in [0.2, 0.25) is 0 Å². The molecule has 0 spiro atoms. The molecule has 1 aliphatic heterocycles. The molecule has 0 amide bonds. The summed E-state index contributed by atoms with van der Waals surface area (Å²) in [5.41, 5.74) is 2.07. The Bertz CT molecular complexity index is 821. The van der Waals surface area contributed by atoms with Gasteiger partial charge in [-0.15, -0.1) is 0 Å². The van der Waals surface area contributed by atoms with Crippen molar-refractivity contribution in [2.75, 3.05) is 7.11 Å². The van der Waals surface area contributed by atoms with Gasteiger partial charge in [0.05, 0.1) is 7.11 Å². The summed E-state index contributed by atoms with van der Waals surface area (Å²) in [6, 6.07) is 16.3. The first kappa shape index (κ1) is 16.6. The summed E-state index contributed by atoms with van der Waals surface area (Å²) in [6.45, 7) is 0. The first-order chi connectivity index (χ1) is 12.1. The van der Waals surface area contributed by atoms with Crippen LogP contribution in [0.3, 0.4) is 0 Å². The Morgan fingerprint density at radius 1 is 1.04 bits per heavy atom. The van der Waals surface area contributed by atoms with Crippen molar-refractivity contribution in [3.05, 3.63) is 82.9 Å². The average Bonchev–Trinajstić information content (AvgIpc) is 2.68. The normalized spacial score (nSPS) is 19.6. The van der Waals surface area contributed by atoms with E-state index in [1.54, 1.807) is 30.3 Å². The van der Waals surface area contributed by atoms with Crippen molar-refractivity contribution < 1.29 is 23.9 Å². The third kappa shape index (κ3) is 3.35. The zero-order valence-corrected chi connectivity index (χ0v) is 13.5. The summed E-state index contributed by atoms with van der Waals surface area (Å²) in [6.07, 6.45) is 1.75. The van der Waals surface area contributed by atoms with Crippen molar-refractivity contribution in [3.63, 3.8) is 0 Å². The summed E-state index contributed by atoms with van der Waals surface area (Å²) in [7, 11) is 1.22. The maximum Gasteiger partial charge on any atom is 0.345 e. The van der Waals surface area contributed by atoms with E-state index in [0.29, 0.717) is 5.56 Å². The lowest BCUT2D eigenvalue weighted by molar-refractivity contribution is -0.151. The van der Waals surface area contributed by atoms with Crippen molar-refractivity contribution >= 4 is 18.2 Å². The molecule has 25 heavy (non-hydrogen) atoms. The molecule has 0 aromatic heterocycles. The number of carbonyl (C=O) groups excluding carboxylic acids is 3. The van der Waals surface area contributed by atoms with Crippen LogP contribution in [0, 0.1) is 0 Å². The fourth-order valence-electron chi connectivity index (χ4n) is 2.83. The van der Waals surface area contributed by atoms with Gasteiger partial charge in [-0.3, -0.25) is 4.79 Å². The molecule has 0 bridgehead atoms. The molecule has 2 aromatic rings. The van der Waals surface area contributed by atoms with Gasteiger partial charge in [0, 0.05) is 11.5 Å². The van der Waals surface area contributed by atoms with Crippen LogP contribution in [0.1, 0.15) is 33.5 Å². The van der Waals surface area contributed by atoms with Crippen molar-refractivity contribution in [3.8, 4) is 0 Å². The van der Waals surface area contributed by atoms with Crippen LogP contribution in [0.15, 0.2) is 66.2 Å². The van der Waals surface area contributed by atoms with Gasteiger partial charge in [-0.05, 0) is 11.1 Å². The van der Waals surface area contributed by atoms with Crippen LogP contribution in [0.4, 0.5) is 0 Å². The van der Waals surface area contributed by atoms with Gasteiger partial charge in [0.25, 0.3) is 0 Å². The van der Waals surface area contributed by atoms with E-state index in [-0.39, 0.29) is 11.5 Å². The predicted octanol–water partition coefficient (Wildman–Crippen LogP) is 2.98. The van der Waals surface area contributed by atoms with E-state index in [4.69, 9.17) is 4.74 Å². The number of cyclic esters (lactones) is 1. The summed E-state index contributed by atoms with van der Waals surface area (Å²) < 4.78 is 10.2. The first-order valence-electron chi connectivity index (χ1n) is 7.75. The molecular formula is C20H16O5. The smallest absolute Gasteiger partial charge is 0.345 e. The third-order valence-corrected chi connectivity index (χ3v) is 4.12. The Kier molecular flexibility index (Phi) is 4.75. The second-order valence-corrected chi connectivity index (χ2v) is 5.62. The van der Waals surface area contributed by atoms with Crippen LogP contribution in [-0.4, -0.2) is 25.3 Å². The van der Waals surface area contributed by atoms with Crippen molar-refractivity contribution in [1.29, 1.82) is 0 Å². The van der Waals surface area contributed by atoms with Gasteiger partial charge in [-0.2, -0.15) is 0 Å². The number of rotatable bonds is 4. The minimum atomic E-state index is -0.722. The minimum Gasteiger partial charge on any atom is -0.465 e. The van der Waals surface area contributed by atoms with E-state index < -0.39 is 18.0 Å². The Labute approximate surface area is 144 Å². The van der Waals surface area contributed by atoms with Gasteiger partial charge in [0.15, 0.2) is 0 Å². The summed E-state index contributed by atoms with van der Waals surface area (Å²) in [5, 5.41) is 0. The predicted molar refractivity (Wildman–Crippen MR) is 89.9 cm³/mol. The van der Waals surface area contributed by atoms with Crippen molar-refractivity contribution in [2.45, 2.75) is 12.0 Å². The summed E-state index contributed by atoms with van der Waals surface area (Å²) in [5.74, 6) is -1.78. The molecular weight excluding hydrogens is 320 g/mol. The fourth-order valence-corrected chi connectivity index (χ4v) is 2.83. The molecule has 0 aliphatic carbocycles. The lowest BCUT2D eigenvalue weighted by atomic mass is 9.85. The quantitative estimate of drug-likeness (QED) is 0.488. The molecule has 0 saturated heterocycles. The maximum atomic E-state index is 12.2. The summed E-state index contributed by atoms with van der Waals surface area (Å²) in [4.78, 5) is 34.9. The standard InChI is InChI=1S/C20H16O5/c1-24-19(22)17-11-16(14-5-3-2-4-6-14)18(25-20(17)23)15-9-7-13(12-21)8-10-15/h2-12,16,18H,1H3/t16-,18-/m1/s1. The molecule has 5 nitrogen and oxygen atoms in total. The lowest BCUT2D eigenvalue weighted by Crippen LogP contribution is -2.28. The van der Waals surface area contributed by atoms with Gasteiger partial charge < -0.3 is 9.47 Å². The highest BCUT2D eigenvalue weighted by atomic mass is 16.6. The second kappa shape index (κ2) is 7.13. The molecule has 0 radical (unpaired) electrons. The van der Waals surface area contributed by atoms with E-state index in [1.807, 2.05) is 30.3 Å². The fraction of sp³-hybridized carbons (Fsp3) is 0.150. The monoisotopic (exact) mass is 336 g/mol. The number of hydrogen-bond donors (Lipinski definition) is 0. The van der Waals surface area contributed by atoms with E-state index in [1.165, 1.54) is 7.11 Å². The largest absolute Gasteiger partial charge is 0.465 e. The average molecular weight is 336 g/mol. The van der Waals surface area contributed by atoms with Crippen LogP contribution in [0.25, 0.3) is 0 Å². The summed E-state index contributed by atoms with van der Waals surface area (Å²) >= 11 is 0. The van der Waals surface area contributed by atoms with Gasteiger partial charge in [-0.1, -0.05) is 60.7 Å². The molecule has 1 aliphatic rings. The Morgan fingerprint density at radius 3 is 2.32 bits per heavy atom. The number of aldehydes is 1. The second-order valence-electron chi connectivity index (χ2n) is 5.62. The number of hydrogen-bond acceptors (Lipinski definition) is 5. The van der Waals surface area contributed by atoms with Gasteiger partial charge in [-0.25, -0.2) is 9.59 Å². The topological polar surface area (TPSA) is 69.7 Å². The third-order valence-electron chi connectivity index (χ3n) is 4.12. The van der Waals surface area contributed by atoms with Gasteiger partial charge in [0.1, 0.15) is 18.0 Å². The Morgan fingerprint density at radius 2 is 1.72 bits per heavy atom. The first-order valence-corrected chi connectivity index (χ1v) is 7.75. The number of esters is 2. The molecule has 2 aromatic carbocycles. The lowest BCUT2D eigenvalue weighted by Gasteiger charge is -2.30. The Hall–Kier alpha value is -3.21. The highest BCUT2D eigenvalue weighted by molar-refractivity contribution is 6.14. The van der Waals surface area contributed by atoms with Crippen LogP contribution in [-0.2, 0) is 19.1 Å². The van der Waals surface area contributed by atoms with E-state index in [0.717, 1.165) is 17.4 Å². The van der Waals surface area contributed by atoms with Crippen LogP contribution < -0.4 is 0 Å². The number of methoxy groups -OCH3 is 1. The number of benzene rings is 2. The van der Waals surface area contributed by atoms with Crippen molar-refractivity contribution in [1.82, 2.24) is 0 Å². The molecule has 5 heteroatoms. The number of carbonyl (C=O) groups is 3. The molecule has 0 fully saturated rings. The zero-order valence-electron chi connectivity index (χ0n) is 13.5. The van der Waals surface area contributed by atoms with Crippen LogP contribution in [0.5, 0.6) is 0 Å². The molecule has 0 unspecified atom stereocenters. The highest BCUT2D eigenvalue weighted by Crippen LogP contribution is 2.39. The highest BCUT2D eigenvalue weighted by Gasteiger charge is 2.36. The SMILES string of the molecule is COC(=O)C1=C[C@H](c2ccccc2)[C@@H](c2ccc(C=O)cc2)OC1=O. The molecule has 0 saturated carbocycles. The van der Waals surface area contributed by atoms with Crippen molar-refractivity contribution in [2.24, 2.45) is 0 Å². The van der Waals surface area contributed by atoms with Crippen LogP contribution >= 0.6 is 0 Å². The maximum absolute atomic E-state index is 12.2. The molecule has 1 heterocycles. The van der Waals surface area contributed by atoms with Crippen LogP contribution in [0.2, 0.25) is 0 Å². The van der Waals surface area contributed by atoms with E-state index in [2.05, 4.69) is 4.74 Å². The molecule has 2 atom stereocenters. The molecule has 0 N–H and O–H groups in total. The Balaban J connectivity index is 2.06. The zero-order chi connectivity index (χ0) is 17.8. The molecule has 126 valence electrons.